The van der Waals surface area contributed by atoms with Crippen LogP contribution in [0.5, 0.6) is 0 Å². The lowest BCUT2D eigenvalue weighted by atomic mass is 9.80. The third-order valence-corrected chi connectivity index (χ3v) is 4.31. The first kappa shape index (κ1) is 19.4. The molecule has 1 aliphatic heterocycles. The Hall–Kier alpha value is -2.39. The molecule has 0 bridgehead atoms. The molecule has 1 fully saturated rings. The Balaban J connectivity index is 1.80. The molecule has 2 atom stereocenters. The second-order valence-electron chi connectivity index (χ2n) is 7.66. The number of ether oxygens (including phenoxy) is 1. The molecule has 7 nitrogen and oxygen atoms in total. The summed E-state index contributed by atoms with van der Waals surface area (Å²) < 4.78 is 19.4. The summed E-state index contributed by atoms with van der Waals surface area (Å²) in [5, 5.41) is 18.3. The first-order valence-electron chi connectivity index (χ1n) is 8.79. The highest BCUT2D eigenvalue weighted by Crippen LogP contribution is 2.34. The van der Waals surface area contributed by atoms with E-state index in [2.05, 4.69) is 9.97 Å². The van der Waals surface area contributed by atoms with Crippen LogP contribution in [0.15, 0.2) is 30.5 Å². The maximum absolute atomic E-state index is 14.0. The molecule has 1 aromatic carbocycles. The molecule has 0 saturated carbocycles. The second-order valence-corrected chi connectivity index (χ2v) is 7.66. The van der Waals surface area contributed by atoms with E-state index in [0.29, 0.717) is 17.0 Å². The van der Waals surface area contributed by atoms with E-state index in [1.807, 2.05) is 0 Å². The van der Waals surface area contributed by atoms with Crippen molar-refractivity contribution in [3.05, 3.63) is 36.3 Å². The highest BCUT2D eigenvalue weighted by molar-refractivity contribution is 6.58. The van der Waals surface area contributed by atoms with E-state index < -0.39 is 31.0 Å². The molecule has 2 unspecified atom stereocenters. The minimum Gasteiger partial charge on any atom is -0.444 e. The van der Waals surface area contributed by atoms with Gasteiger partial charge in [0.05, 0.1) is 24.5 Å². The Bertz CT molecular complexity index is 804. The Morgan fingerprint density at radius 2 is 2.00 bits per heavy atom. The summed E-state index contributed by atoms with van der Waals surface area (Å²) >= 11 is 0. The third-order valence-electron chi connectivity index (χ3n) is 4.31. The molecule has 1 aromatic heterocycles. The number of likely N-dealkylation sites (tertiary alicyclic amines) is 1. The number of benzene rings is 1. The second kappa shape index (κ2) is 7.32. The number of aromatic nitrogens is 2. The van der Waals surface area contributed by atoms with Gasteiger partial charge in [-0.1, -0.05) is 24.3 Å². The van der Waals surface area contributed by atoms with Gasteiger partial charge in [-0.15, -0.1) is 0 Å². The fraction of sp³-hybridized carbons (Fsp3) is 0.444. The summed E-state index contributed by atoms with van der Waals surface area (Å²) in [5.74, 6) is 0.488. The molecule has 1 amide bonds. The normalized spacial score (nSPS) is 20.0. The molecule has 2 aromatic rings. The van der Waals surface area contributed by atoms with E-state index in [-0.39, 0.29) is 13.0 Å². The van der Waals surface area contributed by atoms with Crippen LogP contribution in [0.25, 0.3) is 11.3 Å². The molecule has 144 valence electrons. The number of halogens is 1. The Kier molecular flexibility index (Phi) is 5.25. The van der Waals surface area contributed by atoms with Gasteiger partial charge in [-0.2, -0.15) is 0 Å². The number of alkyl halides is 1. The minimum atomic E-state index is -1.53. The van der Waals surface area contributed by atoms with E-state index in [4.69, 9.17) is 14.8 Å². The lowest BCUT2D eigenvalue weighted by Gasteiger charge is -2.27. The van der Waals surface area contributed by atoms with Crippen LogP contribution in [0.1, 0.15) is 39.1 Å². The number of carbonyl (C=O) groups excluding carboxylic acids is 1. The zero-order valence-corrected chi connectivity index (χ0v) is 15.5. The fourth-order valence-electron chi connectivity index (χ4n) is 3.05. The van der Waals surface area contributed by atoms with Gasteiger partial charge in [0, 0.05) is 6.42 Å². The van der Waals surface area contributed by atoms with Gasteiger partial charge in [-0.3, -0.25) is 4.90 Å². The summed E-state index contributed by atoms with van der Waals surface area (Å²) in [7, 11) is -1.53. The van der Waals surface area contributed by atoms with Crippen LogP contribution in [-0.4, -0.2) is 56.4 Å². The topological polar surface area (TPSA) is 98.7 Å². The van der Waals surface area contributed by atoms with Crippen molar-refractivity contribution in [1.82, 2.24) is 14.9 Å². The number of rotatable bonds is 3. The van der Waals surface area contributed by atoms with Crippen molar-refractivity contribution in [2.75, 3.05) is 6.54 Å². The summed E-state index contributed by atoms with van der Waals surface area (Å²) in [4.78, 5) is 21.2. The number of H-pyrrole nitrogens is 1. The van der Waals surface area contributed by atoms with Gasteiger partial charge < -0.3 is 19.8 Å². The zero-order valence-electron chi connectivity index (χ0n) is 15.5. The predicted molar refractivity (Wildman–Crippen MR) is 99.0 cm³/mol. The van der Waals surface area contributed by atoms with Crippen molar-refractivity contribution >= 4 is 18.7 Å². The number of nitrogens with zero attached hydrogens (tertiary/aromatic N) is 2. The Morgan fingerprint density at radius 1 is 1.33 bits per heavy atom. The quantitative estimate of drug-likeness (QED) is 0.711. The van der Waals surface area contributed by atoms with E-state index in [1.54, 1.807) is 51.2 Å². The first-order chi connectivity index (χ1) is 12.6. The molecular formula is C18H23BFN3O4. The highest BCUT2D eigenvalue weighted by atomic mass is 19.1. The van der Waals surface area contributed by atoms with Crippen molar-refractivity contribution in [3.63, 3.8) is 0 Å². The van der Waals surface area contributed by atoms with Gasteiger partial charge in [0.15, 0.2) is 0 Å². The van der Waals surface area contributed by atoms with Gasteiger partial charge in [0.25, 0.3) is 0 Å². The molecule has 1 saturated heterocycles. The number of carbonyl (C=O) groups is 1. The highest BCUT2D eigenvalue weighted by Gasteiger charge is 2.40. The van der Waals surface area contributed by atoms with Crippen LogP contribution in [0, 0.1) is 0 Å². The molecule has 3 N–H and O–H groups in total. The lowest BCUT2D eigenvalue weighted by molar-refractivity contribution is 0.0211. The molecule has 0 aliphatic carbocycles. The summed E-state index contributed by atoms with van der Waals surface area (Å²) in [6.07, 6.45) is 0.0636. The van der Waals surface area contributed by atoms with Gasteiger partial charge in [-0.25, -0.2) is 14.2 Å². The molecule has 0 radical (unpaired) electrons. The van der Waals surface area contributed by atoms with Crippen molar-refractivity contribution in [2.45, 2.75) is 45.0 Å². The van der Waals surface area contributed by atoms with E-state index in [1.165, 1.54) is 4.90 Å². The third kappa shape index (κ3) is 4.48. The smallest absolute Gasteiger partial charge is 0.444 e. The molecule has 0 spiro atoms. The molecule has 2 heterocycles. The number of amides is 1. The Morgan fingerprint density at radius 3 is 2.59 bits per heavy atom. The number of aromatic amines is 1. The number of imidazole rings is 1. The average molecular weight is 375 g/mol. The van der Waals surface area contributed by atoms with Crippen LogP contribution in [0.4, 0.5) is 9.18 Å². The van der Waals surface area contributed by atoms with Gasteiger partial charge in [0.1, 0.15) is 17.6 Å². The maximum Gasteiger partial charge on any atom is 0.488 e. The SMILES string of the molecule is CC(C)(C)OC(=O)N1CC(F)CC1c1ncc(-c2ccc(B(O)O)cc2)[nH]1. The Labute approximate surface area is 157 Å². The standard InChI is InChI=1S/C18H23BFN3O4/c1-18(2,3)27-17(24)23-10-13(20)8-15(23)16-21-9-14(22-16)11-4-6-12(7-5-11)19(25)26/h4-7,9,13,15,25-26H,8,10H2,1-3H3,(H,21,22). The molecule has 3 rings (SSSR count). The largest absolute Gasteiger partial charge is 0.488 e. The fourth-order valence-corrected chi connectivity index (χ4v) is 3.05. The molecular weight excluding hydrogens is 352 g/mol. The maximum atomic E-state index is 14.0. The molecule has 1 aliphatic rings. The number of nitrogens with one attached hydrogen (secondary N) is 1. The van der Waals surface area contributed by atoms with Crippen molar-refractivity contribution in [3.8, 4) is 11.3 Å². The lowest BCUT2D eigenvalue weighted by Crippen LogP contribution is -2.37. The predicted octanol–water partition coefficient (Wildman–Crippen LogP) is 1.78. The molecule has 9 heteroatoms. The van der Waals surface area contributed by atoms with Crippen molar-refractivity contribution < 1.29 is 24.0 Å². The number of hydrogen-bond donors (Lipinski definition) is 3. The van der Waals surface area contributed by atoms with Gasteiger partial charge in [-0.05, 0) is 31.8 Å². The van der Waals surface area contributed by atoms with Crippen LogP contribution >= 0.6 is 0 Å². The van der Waals surface area contributed by atoms with E-state index >= 15 is 0 Å². The van der Waals surface area contributed by atoms with Crippen molar-refractivity contribution in [2.24, 2.45) is 0 Å². The first-order valence-corrected chi connectivity index (χ1v) is 8.79. The van der Waals surface area contributed by atoms with E-state index in [9.17, 15) is 9.18 Å². The number of hydrogen-bond acceptors (Lipinski definition) is 5. The van der Waals surface area contributed by atoms with Gasteiger partial charge >= 0.3 is 13.2 Å². The van der Waals surface area contributed by atoms with Crippen LogP contribution in [0.2, 0.25) is 0 Å². The molecule has 27 heavy (non-hydrogen) atoms. The average Bonchev–Trinajstić information content (AvgIpc) is 3.20. The van der Waals surface area contributed by atoms with E-state index in [0.717, 1.165) is 5.56 Å². The summed E-state index contributed by atoms with van der Waals surface area (Å²) in [5.41, 5.74) is 1.20. The zero-order chi connectivity index (χ0) is 19.8. The van der Waals surface area contributed by atoms with Crippen LogP contribution in [0.3, 0.4) is 0 Å². The summed E-state index contributed by atoms with van der Waals surface area (Å²) in [6.45, 7) is 5.27. The summed E-state index contributed by atoms with van der Waals surface area (Å²) in [6, 6.07) is 6.12. The minimum absolute atomic E-state index is 0.0291. The van der Waals surface area contributed by atoms with Crippen molar-refractivity contribution in [1.29, 1.82) is 0 Å². The monoisotopic (exact) mass is 375 g/mol. The van der Waals surface area contributed by atoms with Crippen LogP contribution in [-0.2, 0) is 4.74 Å². The van der Waals surface area contributed by atoms with Gasteiger partial charge in [0.2, 0.25) is 0 Å². The van der Waals surface area contributed by atoms with Crippen LogP contribution < -0.4 is 5.46 Å².